The van der Waals surface area contributed by atoms with Crippen LogP contribution in [-0.2, 0) is 18.9 Å². The summed E-state index contributed by atoms with van der Waals surface area (Å²) in [6, 6.07) is 9.33. The minimum atomic E-state index is -4.99. The Labute approximate surface area is 192 Å². The maximum atomic E-state index is 13.2. The van der Waals surface area contributed by atoms with Crippen molar-refractivity contribution >= 4 is 17.0 Å². The van der Waals surface area contributed by atoms with Gasteiger partial charge in [0.1, 0.15) is 0 Å². The summed E-state index contributed by atoms with van der Waals surface area (Å²) in [5.74, 6) is -0.254. The molecule has 35 heavy (non-hydrogen) atoms. The van der Waals surface area contributed by atoms with Crippen molar-refractivity contribution in [2.75, 3.05) is 5.73 Å². The van der Waals surface area contributed by atoms with Gasteiger partial charge in [-0.15, -0.1) is 0 Å². The van der Waals surface area contributed by atoms with Crippen LogP contribution in [0.15, 0.2) is 42.6 Å². The zero-order chi connectivity index (χ0) is 25.5. The number of nitriles is 2. The minimum Gasteiger partial charge on any atom is -0.368 e. The number of anilines is 1. The van der Waals surface area contributed by atoms with Crippen molar-refractivity contribution in [1.29, 1.82) is 10.5 Å². The van der Waals surface area contributed by atoms with Crippen LogP contribution in [0.25, 0.3) is 22.3 Å². The molecular weight excluding hydrogens is 476 g/mol. The first kappa shape index (κ1) is 23.5. The summed E-state index contributed by atoms with van der Waals surface area (Å²) < 4.78 is 80.4. The molecule has 0 spiro atoms. The molecule has 0 aliphatic rings. The molecule has 0 fully saturated rings. The van der Waals surface area contributed by atoms with Crippen LogP contribution >= 0.6 is 0 Å². The van der Waals surface area contributed by atoms with Crippen LogP contribution in [0, 0.1) is 22.7 Å². The lowest BCUT2D eigenvalue weighted by Crippen LogP contribution is -2.13. The van der Waals surface area contributed by atoms with Gasteiger partial charge in [-0.3, -0.25) is 0 Å². The molecular formula is C22H11F6N7. The van der Waals surface area contributed by atoms with E-state index >= 15 is 0 Å². The first-order chi connectivity index (χ1) is 16.4. The van der Waals surface area contributed by atoms with Gasteiger partial charge >= 0.3 is 12.4 Å². The fourth-order valence-corrected chi connectivity index (χ4v) is 3.48. The summed E-state index contributed by atoms with van der Waals surface area (Å²) in [7, 11) is 0. The van der Waals surface area contributed by atoms with Crippen molar-refractivity contribution in [1.82, 2.24) is 19.7 Å². The van der Waals surface area contributed by atoms with Gasteiger partial charge in [0.25, 0.3) is 0 Å². The van der Waals surface area contributed by atoms with Crippen molar-refractivity contribution in [3.63, 3.8) is 0 Å². The van der Waals surface area contributed by atoms with E-state index in [1.165, 1.54) is 24.4 Å². The van der Waals surface area contributed by atoms with Gasteiger partial charge < -0.3 is 5.73 Å². The van der Waals surface area contributed by atoms with Crippen LogP contribution in [0.5, 0.6) is 0 Å². The molecule has 176 valence electrons. The van der Waals surface area contributed by atoms with Gasteiger partial charge in [-0.05, 0) is 42.0 Å². The van der Waals surface area contributed by atoms with E-state index in [9.17, 15) is 36.9 Å². The number of hydrogen-bond donors (Lipinski definition) is 1. The fraction of sp³-hybridized carbons (Fsp3) is 0.136. The Bertz CT molecular complexity index is 1470. The van der Waals surface area contributed by atoms with E-state index in [1.54, 1.807) is 0 Å². The van der Waals surface area contributed by atoms with Crippen molar-refractivity contribution < 1.29 is 26.3 Å². The number of benzene rings is 2. The molecule has 0 radical (unpaired) electrons. The third-order valence-electron chi connectivity index (χ3n) is 4.96. The van der Waals surface area contributed by atoms with Gasteiger partial charge in [-0.25, -0.2) is 9.67 Å². The maximum Gasteiger partial charge on any atom is 0.416 e. The highest BCUT2D eigenvalue weighted by Gasteiger charge is 2.37. The second-order valence-electron chi connectivity index (χ2n) is 7.41. The third-order valence-corrected chi connectivity index (χ3v) is 4.96. The van der Waals surface area contributed by atoms with E-state index in [-0.39, 0.29) is 45.4 Å². The van der Waals surface area contributed by atoms with Crippen LogP contribution in [-0.4, -0.2) is 19.7 Å². The smallest absolute Gasteiger partial charge is 0.368 e. The van der Waals surface area contributed by atoms with Gasteiger partial charge in [0.15, 0.2) is 5.65 Å². The standard InChI is InChI=1S/C22H11F6N7/c23-21(24,25)15-4-13(5-16(6-15)22(26,27)28)10-35-19-17(9-32-35)18(33-20(31)34-19)14-2-11(7-29)1-12(3-14)8-30/h1-6,9H,10H2,(H2,31,33,34). The fourth-order valence-electron chi connectivity index (χ4n) is 3.48. The van der Waals surface area contributed by atoms with Gasteiger partial charge in [0.2, 0.25) is 5.95 Å². The SMILES string of the molecule is N#Cc1cc(C#N)cc(-c2nc(N)nc3c2cnn3Cc2cc(C(F)(F)F)cc(C(F)(F)F)c2)c1. The highest BCUT2D eigenvalue weighted by molar-refractivity contribution is 5.91. The largest absolute Gasteiger partial charge is 0.416 e. The van der Waals surface area contributed by atoms with Crippen molar-refractivity contribution in [2.45, 2.75) is 18.9 Å². The average molecular weight is 487 g/mol. The summed E-state index contributed by atoms with van der Waals surface area (Å²) in [4.78, 5) is 8.17. The number of halogens is 6. The Morgan fingerprint density at radius 1 is 0.829 bits per heavy atom. The molecule has 0 saturated carbocycles. The van der Waals surface area contributed by atoms with E-state index in [2.05, 4.69) is 15.1 Å². The van der Waals surface area contributed by atoms with Crippen LogP contribution in [0.1, 0.15) is 27.8 Å². The number of nitrogens with two attached hydrogens (primary N) is 1. The summed E-state index contributed by atoms with van der Waals surface area (Å²) in [6.07, 6.45) is -8.72. The molecule has 2 heterocycles. The summed E-state index contributed by atoms with van der Waals surface area (Å²) in [5.41, 5.74) is 3.47. The second kappa shape index (κ2) is 8.29. The molecule has 0 aliphatic carbocycles. The Morgan fingerprint density at radius 2 is 1.40 bits per heavy atom. The predicted molar refractivity (Wildman–Crippen MR) is 110 cm³/mol. The molecule has 2 N–H and O–H groups in total. The monoisotopic (exact) mass is 487 g/mol. The van der Waals surface area contributed by atoms with Crippen LogP contribution < -0.4 is 5.73 Å². The normalized spacial score (nSPS) is 11.9. The molecule has 4 aromatic rings. The molecule has 2 aromatic carbocycles. The highest BCUT2D eigenvalue weighted by atomic mass is 19.4. The number of nitrogens with zero attached hydrogens (tertiary/aromatic N) is 6. The zero-order valence-electron chi connectivity index (χ0n) is 17.3. The van der Waals surface area contributed by atoms with Crippen molar-refractivity contribution in [2.24, 2.45) is 0 Å². The molecule has 0 amide bonds. The van der Waals surface area contributed by atoms with Gasteiger partial charge in [-0.2, -0.15) is 46.9 Å². The Morgan fingerprint density at radius 3 is 1.91 bits per heavy atom. The lowest BCUT2D eigenvalue weighted by Gasteiger charge is -2.14. The molecule has 0 bridgehead atoms. The second-order valence-corrected chi connectivity index (χ2v) is 7.41. The van der Waals surface area contributed by atoms with Gasteiger partial charge in [0.05, 0.1) is 58.2 Å². The Kier molecular flexibility index (Phi) is 5.57. The molecule has 4 rings (SSSR count). The van der Waals surface area contributed by atoms with Crippen LogP contribution in [0.2, 0.25) is 0 Å². The van der Waals surface area contributed by atoms with Crippen molar-refractivity contribution in [3.8, 4) is 23.4 Å². The number of alkyl halides is 6. The zero-order valence-corrected chi connectivity index (χ0v) is 17.3. The molecule has 0 atom stereocenters. The number of hydrogen-bond acceptors (Lipinski definition) is 6. The number of nitrogen functional groups attached to an aromatic ring is 1. The number of fused-ring (bicyclic) bond motifs is 1. The van der Waals surface area contributed by atoms with Gasteiger partial charge in [-0.1, -0.05) is 0 Å². The van der Waals surface area contributed by atoms with Crippen molar-refractivity contribution in [3.05, 3.63) is 70.4 Å². The Hall–Kier alpha value is -4.65. The summed E-state index contributed by atoms with van der Waals surface area (Å²) in [5, 5.41) is 22.8. The topological polar surface area (TPSA) is 117 Å². The van der Waals surface area contributed by atoms with E-state index in [4.69, 9.17) is 5.73 Å². The lowest BCUT2D eigenvalue weighted by atomic mass is 10.0. The quantitative estimate of drug-likeness (QED) is 0.411. The van der Waals surface area contributed by atoms with E-state index < -0.39 is 30.0 Å². The van der Waals surface area contributed by atoms with E-state index in [1.807, 2.05) is 12.1 Å². The molecule has 7 nitrogen and oxygen atoms in total. The molecule has 0 unspecified atom stereocenters. The highest BCUT2D eigenvalue weighted by Crippen LogP contribution is 2.37. The molecule has 0 aliphatic heterocycles. The number of rotatable bonds is 3. The van der Waals surface area contributed by atoms with Crippen LogP contribution in [0.4, 0.5) is 32.3 Å². The third kappa shape index (κ3) is 4.70. The first-order valence-corrected chi connectivity index (χ1v) is 9.62. The van der Waals surface area contributed by atoms with E-state index in [0.717, 1.165) is 4.68 Å². The lowest BCUT2D eigenvalue weighted by molar-refractivity contribution is -0.143. The number of aromatic nitrogens is 4. The predicted octanol–water partition coefficient (Wildman–Crippen LogP) is 4.90. The van der Waals surface area contributed by atoms with Gasteiger partial charge in [0, 0.05) is 5.56 Å². The summed E-state index contributed by atoms with van der Waals surface area (Å²) in [6.45, 7) is -0.478. The maximum absolute atomic E-state index is 13.2. The average Bonchev–Trinajstić information content (AvgIpc) is 3.19. The summed E-state index contributed by atoms with van der Waals surface area (Å²) >= 11 is 0. The Balaban J connectivity index is 1.85. The minimum absolute atomic E-state index is 0.0396. The first-order valence-electron chi connectivity index (χ1n) is 9.62. The van der Waals surface area contributed by atoms with E-state index in [0.29, 0.717) is 17.7 Å². The molecule has 0 saturated heterocycles. The molecule has 13 heteroatoms. The molecule has 2 aromatic heterocycles. The van der Waals surface area contributed by atoms with Crippen LogP contribution in [0.3, 0.4) is 0 Å².